The molecule has 0 amide bonds. The van der Waals surface area contributed by atoms with Gasteiger partial charge in [0.25, 0.3) is 0 Å². The molecule has 0 aliphatic heterocycles. The van der Waals surface area contributed by atoms with Crippen LogP contribution in [-0.4, -0.2) is 23.3 Å². The average molecular weight is 417 g/mol. The molecule has 0 radical (unpaired) electrons. The summed E-state index contributed by atoms with van der Waals surface area (Å²) in [4.78, 5) is 0. The molecule has 0 aliphatic carbocycles. The molecule has 3 rings (SSSR count). The summed E-state index contributed by atoms with van der Waals surface area (Å²) >= 11 is 1.89. The van der Waals surface area contributed by atoms with Gasteiger partial charge in [0.05, 0.1) is 12.3 Å². The first-order valence-electron chi connectivity index (χ1n) is 7.34. The number of rotatable bonds is 6. The summed E-state index contributed by atoms with van der Waals surface area (Å²) < 4.78 is 5.06. The normalized spacial score (nSPS) is 10.5. The molecule has 0 atom stereocenters. The van der Waals surface area contributed by atoms with Gasteiger partial charge in [0.15, 0.2) is 5.82 Å². The first-order valence-corrected chi connectivity index (χ1v) is 8.22. The van der Waals surface area contributed by atoms with Crippen LogP contribution in [-0.2, 0) is 3.07 Å². The van der Waals surface area contributed by atoms with Gasteiger partial charge in [-0.3, -0.25) is 0 Å². The average Bonchev–Trinajstić information content (AvgIpc) is 2.63. The number of nitrogens with zero attached hydrogens (tertiary/aromatic N) is 2. The highest BCUT2D eigenvalue weighted by Gasteiger charge is 2.10. The molecule has 2 aromatic carbocycles. The third-order valence-electron chi connectivity index (χ3n) is 3.42. The van der Waals surface area contributed by atoms with E-state index in [2.05, 4.69) is 33.7 Å². The largest absolute Gasteiger partial charge is 0.366 e. The van der Waals surface area contributed by atoms with E-state index in [1.54, 1.807) is 0 Å². The minimum Gasteiger partial charge on any atom is -0.366 e. The third kappa shape index (κ3) is 4.05. The topological polar surface area (TPSA) is 47.0 Å². The van der Waals surface area contributed by atoms with Crippen LogP contribution in [0, 0.1) is 0 Å². The van der Waals surface area contributed by atoms with Crippen LogP contribution in [0.15, 0.2) is 66.7 Å². The summed E-state index contributed by atoms with van der Waals surface area (Å²) in [7, 11) is 0. The van der Waals surface area contributed by atoms with Crippen molar-refractivity contribution in [3.05, 3.63) is 66.7 Å². The van der Waals surface area contributed by atoms with Gasteiger partial charge < -0.3 is 8.38 Å². The van der Waals surface area contributed by atoms with Gasteiger partial charge in [0, 0.05) is 17.7 Å². The van der Waals surface area contributed by atoms with E-state index in [1.165, 1.54) is 0 Å². The van der Waals surface area contributed by atoms with Crippen LogP contribution in [0.1, 0.15) is 0 Å². The van der Waals surface area contributed by atoms with Gasteiger partial charge in [-0.2, -0.15) is 0 Å². The molecule has 0 spiro atoms. The van der Waals surface area contributed by atoms with Crippen LogP contribution in [0.3, 0.4) is 0 Å². The number of halogens is 1. The Balaban J connectivity index is 2.00. The molecule has 4 nitrogen and oxygen atoms in total. The Morgan fingerprint density at radius 2 is 1.52 bits per heavy atom. The smallest absolute Gasteiger partial charge is 0.156 e. The second-order valence-corrected chi connectivity index (χ2v) is 5.59. The van der Waals surface area contributed by atoms with Crippen LogP contribution in [0.5, 0.6) is 0 Å². The van der Waals surface area contributed by atoms with E-state index in [0.29, 0.717) is 13.2 Å². The lowest BCUT2D eigenvalue weighted by Crippen LogP contribution is -2.09. The van der Waals surface area contributed by atoms with Gasteiger partial charge in [0.1, 0.15) is 23.0 Å². The molecule has 0 aliphatic rings. The first kappa shape index (κ1) is 15.9. The Hall–Kier alpha value is -1.99. The zero-order valence-electron chi connectivity index (χ0n) is 12.4. The minimum absolute atomic E-state index is 0.608. The fraction of sp³-hybridized carbons (Fsp3) is 0.111. The van der Waals surface area contributed by atoms with Crippen molar-refractivity contribution in [3.63, 3.8) is 0 Å². The number of benzene rings is 2. The molecule has 0 saturated heterocycles. The number of hydrogen-bond acceptors (Lipinski definition) is 4. The SMILES string of the molecule is IOCCNc1nnc(-c2ccccc2)cc1-c1ccccc1. The van der Waals surface area contributed by atoms with Crippen molar-refractivity contribution in [3.8, 4) is 22.4 Å². The highest BCUT2D eigenvalue weighted by atomic mass is 127. The van der Waals surface area contributed by atoms with Gasteiger partial charge in [-0.1, -0.05) is 60.7 Å². The quantitative estimate of drug-likeness (QED) is 0.471. The lowest BCUT2D eigenvalue weighted by Gasteiger charge is -2.12. The molecule has 23 heavy (non-hydrogen) atoms. The molecule has 116 valence electrons. The maximum Gasteiger partial charge on any atom is 0.156 e. The van der Waals surface area contributed by atoms with Crippen LogP contribution < -0.4 is 5.32 Å². The van der Waals surface area contributed by atoms with E-state index in [1.807, 2.05) is 71.5 Å². The summed E-state index contributed by atoms with van der Waals surface area (Å²) in [6, 6.07) is 22.4. The Morgan fingerprint density at radius 1 is 0.870 bits per heavy atom. The Labute approximate surface area is 149 Å². The standard InChI is InChI=1S/C18H16IN3O/c19-23-12-11-20-18-16(14-7-3-1-4-8-14)13-17(21-22-18)15-9-5-2-6-10-15/h1-10,13H,11-12H2,(H,20,22). The molecule has 0 fully saturated rings. The Bertz CT molecular complexity index is 751. The monoisotopic (exact) mass is 417 g/mol. The lowest BCUT2D eigenvalue weighted by molar-refractivity contribution is 0.446. The van der Waals surface area contributed by atoms with Gasteiger partial charge in [-0.05, 0) is 11.6 Å². The van der Waals surface area contributed by atoms with E-state index in [0.717, 1.165) is 28.2 Å². The predicted octanol–water partition coefficient (Wildman–Crippen LogP) is 4.59. The molecular weight excluding hydrogens is 401 g/mol. The number of anilines is 1. The number of hydrogen-bond donors (Lipinski definition) is 1. The van der Waals surface area contributed by atoms with Crippen molar-refractivity contribution >= 4 is 28.8 Å². The van der Waals surface area contributed by atoms with Crippen molar-refractivity contribution in [1.82, 2.24) is 10.2 Å². The summed E-state index contributed by atoms with van der Waals surface area (Å²) in [5.74, 6) is 0.768. The van der Waals surface area contributed by atoms with E-state index < -0.39 is 0 Å². The molecule has 5 heteroatoms. The zero-order valence-corrected chi connectivity index (χ0v) is 14.6. The summed E-state index contributed by atoms with van der Waals surface area (Å²) in [6.07, 6.45) is 0. The van der Waals surface area contributed by atoms with Gasteiger partial charge in [-0.25, -0.2) is 0 Å². The van der Waals surface area contributed by atoms with Gasteiger partial charge in [-0.15, -0.1) is 10.2 Å². The van der Waals surface area contributed by atoms with E-state index in [-0.39, 0.29) is 0 Å². The van der Waals surface area contributed by atoms with Gasteiger partial charge in [0.2, 0.25) is 0 Å². The lowest BCUT2D eigenvalue weighted by atomic mass is 10.0. The molecular formula is C18H16IN3O. The van der Waals surface area contributed by atoms with Crippen molar-refractivity contribution in [2.24, 2.45) is 0 Å². The highest BCUT2D eigenvalue weighted by molar-refractivity contribution is 14.1. The minimum atomic E-state index is 0.608. The molecule has 0 saturated carbocycles. The summed E-state index contributed by atoms with van der Waals surface area (Å²) in [6.45, 7) is 1.29. The predicted molar refractivity (Wildman–Crippen MR) is 101 cm³/mol. The van der Waals surface area contributed by atoms with Crippen molar-refractivity contribution in [2.75, 3.05) is 18.5 Å². The maximum absolute atomic E-state index is 5.06. The van der Waals surface area contributed by atoms with Crippen LogP contribution in [0.2, 0.25) is 0 Å². The second kappa shape index (κ2) is 8.03. The van der Waals surface area contributed by atoms with Crippen molar-refractivity contribution < 1.29 is 3.07 Å². The molecule has 1 aromatic heterocycles. The molecule has 0 bridgehead atoms. The number of nitrogens with one attached hydrogen (secondary N) is 1. The van der Waals surface area contributed by atoms with Gasteiger partial charge >= 0.3 is 0 Å². The van der Waals surface area contributed by atoms with E-state index in [9.17, 15) is 0 Å². The fourth-order valence-electron chi connectivity index (χ4n) is 2.32. The number of aromatic nitrogens is 2. The molecule has 1 heterocycles. The van der Waals surface area contributed by atoms with Crippen LogP contribution in [0.4, 0.5) is 5.82 Å². The summed E-state index contributed by atoms with van der Waals surface area (Å²) in [5.41, 5.74) is 4.06. The second-order valence-electron chi connectivity index (χ2n) is 4.96. The van der Waals surface area contributed by atoms with Crippen molar-refractivity contribution in [1.29, 1.82) is 0 Å². The van der Waals surface area contributed by atoms with Crippen LogP contribution >= 0.6 is 23.0 Å². The van der Waals surface area contributed by atoms with Crippen molar-refractivity contribution in [2.45, 2.75) is 0 Å². The van der Waals surface area contributed by atoms with E-state index in [4.69, 9.17) is 3.07 Å². The summed E-state index contributed by atoms with van der Waals surface area (Å²) in [5, 5.41) is 12.0. The fourth-order valence-corrected chi connectivity index (χ4v) is 2.54. The maximum atomic E-state index is 5.06. The molecule has 3 aromatic rings. The Kier molecular flexibility index (Phi) is 5.55. The first-order chi connectivity index (χ1) is 11.4. The Morgan fingerprint density at radius 3 is 2.17 bits per heavy atom. The van der Waals surface area contributed by atoms with Crippen LogP contribution in [0.25, 0.3) is 22.4 Å². The zero-order chi connectivity index (χ0) is 15.9. The van der Waals surface area contributed by atoms with E-state index >= 15 is 0 Å². The third-order valence-corrected chi connectivity index (χ3v) is 3.86. The molecule has 0 unspecified atom stereocenters. The molecule has 1 N–H and O–H groups in total. The highest BCUT2D eigenvalue weighted by Crippen LogP contribution is 2.29.